The molecule has 7 N–H and O–H groups in total. The lowest BCUT2D eigenvalue weighted by atomic mass is 9.99. The number of anilines is 2. The number of rotatable bonds is 8. The molecule has 0 saturated heterocycles. The van der Waals surface area contributed by atoms with Crippen molar-refractivity contribution in [3.63, 3.8) is 0 Å². The molecule has 4 rings (SSSR count). The van der Waals surface area contributed by atoms with Gasteiger partial charge in [-0.1, -0.05) is 65.1 Å². The van der Waals surface area contributed by atoms with Crippen LogP contribution in [-0.4, -0.2) is 41.8 Å². The number of aromatic nitrogens is 2. The van der Waals surface area contributed by atoms with Crippen molar-refractivity contribution < 1.29 is 34.6 Å². The quantitative estimate of drug-likeness (QED) is 0.122. The van der Waals surface area contributed by atoms with E-state index >= 15 is 0 Å². The number of carbonyl (C=O) groups excluding carboxylic acids is 1. The highest BCUT2D eigenvalue weighted by Gasteiger charge is 2.18. The summed E-state index contributed by atoms with van der Waals surface area (Å²) in [7, 11) is -9.64. The molecule has 18 heteroatoms. The lowest BCUT2D eigenvalue weighted by molar-refractivity contribution is 0.0950. The first-order chi connectivity index (χ1) is 20.4. The fourth-order valence-corrected chi connectivity index (χ4v) is 4.88. The van der Waals surface area contributed by atoms with Gasteiger partial charge in [-0.05, 0) is 59.9 Å². The van der Waals surface area contributed by atoms with E-state index in [0.717, 1.165) is 34.9 Å². The van der Waals surface area contributed by atoms with E-state index in [1.165, 1.54) is 0 Å². The molecule has 4 aromatic rings. The second kappa shape index (κ2) is 14.5. The van der Waals surface area contributed by atoms with Crippen molar-refractivity contribution in [1.29, 1.82) is 0 Å². The first-order valence-corrected chi connectivity index (χ1v) is 16.0. The van der Waals surface area contributed by atoms with Crippen LogP contribution in [-0.2, 0) is 40.0 Å². The SMILES string of the molecule is Nc1nc(N)c(-c2ccc(Cl)c(Cl)c2)c(CCc2ccc(CNC(=O)c3cc(S(=O)(=O)F)ccc3Cl)cc2)n1.O=S(=O)(O)O. The van der Waals surface area contributed by atoms with E-state index in [2.05, 4.69) is 15.3 Å². The van der Waals surface area contributed by atoms with Gasteiger partial charge in [0.05, 0.1) is 31.2 Å². The zero-order valence-corrected chi connectivity index (χ0v) is 26.1. The number of nitrogen functional groups attached to an aromatic ring is 2. The minimum absolute atomic E-state index is 0.00137. The Hall–Kier alpha value is -3.57. The summed E-state index contributed by atoms with van der Waals surface area (Å²) in [6, 6.07) is 15.7. The first kappa shape index (κ1) is 34.9. The van der Waals surface area contributed by atoms with E-state index in [9.17, 15) is 17.1 Å². The predicted molar refractivity (Wildman–Crippen MR) is 165 cm³/mol. The van der Waals surface area contributed by atoms with Crippen LogP contribution in [0.15, 0.2) is 65.6 Å². The van der Waals surface area contributed by atoms with Crippen molar-refractivity contribution in [2.45, 2.75) is 24.3 Å². The number of carbonyl (C=O) groups is 1. The molecule has 1 amide bonds. The highest BCUT2D eigenvalue weighted by atomic mass is 35.5. The van der Waals surface area contributed by atoms with Crippen molar-refractivity contribution in [1.82, 2.24) is 15.3 Å². The average Bonchev–Trinajstić information content (AvgIpc) is 2.91. The molecule has 0 unspecified atom stereocenters. The van der Waals surface area contributed by atoms with Crippen LogP contribution in [0.2, 0.25) is 15.1 Å². The fourth-order valence-electron chi connectivity index (χ4n) is 3.89. The standard InChI is InChI=1S/C26H21Cl3FN5O3S.H2O4S/c27-19-9-7-17(39(30,37)38)12-18(19)25(36)33-13-15-3-1-14(2-4-15)5-10-22-23(24(31)35-26(32)34-22)16-6-8-20(28)21(29)11-16;1-5(2,3)4/h1-4,6-9,11-12H,5,10,13H2,(H,33,36)(H4,31,32,34,35);(H2,1,2,3,4). The Bertz CT molecular complexity index is 1910. The van der Waals surface area contributed by atoms with Gasteiger partial charge in [0.25, 0.3) is 5.91 Å². The summed E-state index contributed by atoms with van der Waals surface area (Å²) >= 11 is 18.2. The van der Waals surface area contributed by atoms with Gasteiger partial charge in [-0.25, -0.2) is 4.98 Å². The molecule has 0 atom stereocenters. The van der Waals surface area contributed by atoms with Crippen molar-refractivity contribution in [3.8, 4) is 11.1 Å². The maximum Gasteiger partial charge on any atom is 0.394 e. The number of nitrogens with one attached hydrogen (secondary N) is 1. The Kier molecular flexibility index (Phi) is 11.5. The van der Waals surface area contributed by atoms with Gasteiger partial charge < -0.3 is 16.8 Å². The Labute approximate surface area is 267 Å². The van der Waals surface area contributed by atoms with Crippen LogP contribution in [0.4, 0.5) is 15.7 Å². The highest BCUT2D eigenvalue weighted by Crippen LogP contribution is 2.33. The van der Waals surface area contributed by atoms with E-state index in [1.54, 1.807) is 18.2 Å². The van der Waals surface area contributed by atoms with Gasteiger partial charge >= 0.3 is 20.6 Å². The lowest BCUT2D eigenvalue weighted by Gasteiger charge is -2.13. The van der Waals surface area contributed by atoms with Crippen LogP contribution in [0.1, 0.15) is 27.2 Å². The minimum Gasteiger partial charge on any atom is -0.383 e. The molecule has 0 saturated carbocycles. The Morgan fingerprint density at radius 1 is 0.818 bits per heavy atom. The van der Waals surface area contributed by atoms with E-state index in [1.807, 2.05) is 24.3 Å². The number of nitrogens with two attached hydrogens (primary N) is 2. The average molecular weight is 707 g/mol. The molecule has 1 aromatic heterocycles. The molecule has 0 fully saturated rings. The Morgan fingerprint density at radius 3 is 2.00 bits per heavy atom. The van der Waals surface area contributed by atoms with Crippen LogP contribution in [0.3, 0.4) is 0 Å². The molecule has 44 heavy (non-hydrogen) atoms. The molecule has 12 nitrogen and oxygen atoms in total. The lowest BCUT2D eigenvalue weighted by Crippen LogP contribution is -2.23. The maximum atomic E-state index is 13.3. The van der Waals surface area contributed by atoms with Gasteiger partial charge in [0.2, 0.25) is 5.95 Å². The summed E-state index contributed by atoms with van der Waals surface area (Å²) in [6.45, 7) is 0.141. The maximum absolute atomic E-state index is 13.3. The van der Waals surface area contributed by atoms with Crippen molar-refractivity contribution >= 4 is 73.1 Å². The summed E-state index contributed by atoms with van der Waals surface area (Å²) in [5.41, 5.74) is 15.7. The highest BCUT2D eigenvalue weighted by molar-refractivity contribution is 7.86. The molecule has 0 bridgehead atoms. The Morgan fingerprint density at radius 2 is 1.41 bits per heavy atom. The largest absolute Gasteiger partial charge is 0.394 e. The number of aryl methyl sites for hydroxylation is 2. The van der Waals surface area contributed by atoms with Gasteiger partial charge in [0, 0.05) is 12.1 Å². The third-order valence-electron chi connectivity index (χ3n) is 5.83. The molecule has 0 aliphatic carbocycles. The van der Waals surface area contributed by atoms with Gasteiger partial charge in [0.15, 0.2) is 0 Å². The van der Waals surface area contributed by atoms with Crippen molar-refractivity contribution in [2.75, 3.05) is 11.5 Å². The third kappa shape index (κ3) is 10.3. The zero-order valence-electron chi connectivity index (χ0n) is 22.2. The van der Waals surface area contributed by atoms with Gasteiger partial charge in [-0.3, -0.25) is 13.9 Å². The molecule has 0 radical (unpaired) electrons. The van der Waals surface area contributed by atoms with Crippen molar-refractivity contribution in [2.24, 2.45) is 0 Å². The van der Waals surface area contributed by atoms with E-state index < -0.39 is 31.4 Å². The summed E-state index contributed by atoms with van der Waals surface area (Å²) in [4.78, 5) is 20.4. The smallest absolute Gasteiger partial charge is 0.383 e. The number of amides is 1. The van der Waals surface area contributed by atoms with Crippen LogP contribution >= 0.6 is 34.8 Å². The van der Waals surface area contributed by atoms with E-state index in [0.29, 0.717) is 34.1 Å². The minimum atomic E-state index is -4.97. The molecule has 234 valence electrons. The van der Waals surface area contributed by atoms with Crippen LogP contribution in [0.25, 0.3) is 11.1 Å². The summed E-state index contributed by atoms with van der Waals surface area (Å²) in [5.74, 6) is -0.341. The number of hydrogen-bond donors (Lipinski definition) is 5. The molecule has 0 aliphatic heterocycles. The topological polar surface area (TPSA) is 216 Å². The van der Waals surface area contributed by atoms with Gasteiger partial charge in [-0.2, -0.15) is 21.8 Å². The normalized spacial score (nSPS) is 11.4. The molecule has 3 aromatic carbocycles. The molecule has 1 heterocycles. The summed E-state index contributed by atoms with van der Waals surface area (Å²) < 4.78 is 67.2. The van der Waals surface area contributed by atoms with Gasteiger partial charge in [-0.15, -0.1) is 3.89 Å². The summed E-state index contributed by atoms with van der Waals surface area (Å²) in [6.07, 6.45) is 1.12. The second-order valence-electron chi connectivity index (χ2n) is 8.94. The van der Waals surface area contributed by atoms with Gasteiger partial charge in [0.1, 0.15) is 5.82 Å². The third-order valence-corrected chi connectivity index (χ3v) is 7.71. The van der Waals surface area contributed by atoms with E-state index in [4.69, 9.17) is 63.8 Å². The number of halogens is 4. The van der Waals surface area contributed by atoms with E-state index in [-0.39, 0.29) is 28.9 Å². The molecular formula is C26H23Cl3FN5O7S2. The fraction of sp³-hybridized carbons (Fsp3) is 0.115. The number of benzene rings is 3. The molecular weight excluding hydrogens is 684 g/mol. The summed E-state index contributed by atoms with van der Waals surface area (Å²) in [5, 5.41) is 3.45. The first-order valence-electron chi connectivity index (χ1n) is 12.1. The van der Waals surface area contributed by atoms with Crippen LogP contribution in [0.5, 0.6) is 0 Å². The Balaban J connectivity index is 0.000000978. The van der Waals surface area contributed by atoms with Crippen LogP contribution in [0, 0.1) is 0 Å². The zero-order chi connectivity index (χ0) is 32.8. The molecule has 0 aliphatic rings. The van der Waals surface area contributed by atoms with Crippen LogP contribution < -0.4 is 16.8 Å². The molecule has 0 spiro atoms. The number of nitrogens with zero attached hydrogens (tertiary/aromatic N) is 2. The predicted octanol–water partition coefficient (Wildman–Crippen LogP) is 4.99. The number of hydrogen-bond acceptors (Lipinski definition) is 9. The second-order valence-corrected chi connectivity index (χ2v) is 12.4. The van der Waals surface area contributed by atoms with Crippen molar-refractivity contribution in [3.05, 3.63) is 98.1 Å². The monoisotopic (exact) mass is 705 g/mol.